The van der Waals surface area contributed by atoms with Crippen LogP contribution in [0, 0.1) is 5.92 Å². The highest BCUT2D eigenvalue weighted by Crippen LogP contribution is 2.37. The van der Waals surface area contributed by atoms with E-state index in [4.69, 9.17) is 0 Å². The minimum atomic E-state index is -0.385. The van der Waals surface area contributed by atoms with E-state index in [9.17, 15) is 15.0 Å². The molecule has 2 heterocycles. The Hall–Kier alpha value is -3.48. The number of nitrogens with zero attached hydrogens (tertiary/aromatic N) is 3. The van der Waals surface area contributed by atoms with Gasteiger partial charge in [0.2, 0.25) is 0 Å². The number of fused-ring (bicyclic) bond motifs is 1. The number of nitrogens with one attached hydrogen (secondary N) is 1. The SMILES string of the molecule is CC(C)c1cc(-c2n[nH]c(=O)n2-c2ccc3c(ccn3CCC3CCCCC3)c2)c(O)cc1O. The number of aromatic amines is 1. The molecule has 2 aromatic carbocycles. The second-order valence-corrected chi connectivity index (χ2v) is 9.82. The topological polar surface area (TPSA) is 96.1 Å². The van der Waals surface area contributed by atoms with E-state index in [0.29, 0.717) is 22.6 Å². The molecule has 7 nitrogen and oxygen atoms in total. The smallest absolute Gasteiger partial charge is 0.348 e. The van der Waals surface area contributed by atoms with Gasteiger partial charge in [-0.3, -0.25) is 0 Å². The zero-order valence-corrected chi connectivity index (χ0v) is 19.8. The summed E-state index contributed by atoms with van der Waals surface area (Å²) in [6.07, 6.45) is 10.1. The fourth-order valence-electron chi connectivity index (χ4n) is 5.27. The number of hydrogen-bond donors (Lipinski definition) is 3. The summed E-state index contributed by atoms with van der Waals surface area (Å²) in [6, 6.07) is 11.0. The summed E-state index contributed by atoms with van der Waals surface area (Å²) in [4.78, 5) is 12.7. The van der Waals surface area contributed by atoms with E-state index in [2.05, 4.69) is 27.0 Å². The number of rotatable bonds is 6. The zero-order chi connectivity index (χ0) is 23.8. The largest absolute Gasteiger partial charge is 0.508 e. The maximum absolute atomic E-state index is 12.7. The van der Waals surface area contributed by atoms with E-state index in [1.807, 2.05) is 32.0 Å². The lowest BCUT2D eigenvalue weighted by molar-refractivity contribution is 0.325. The molecule has 0 spiro atoms. The molecule has 0 bridgehead atoms. The molecule has 0 radical (unpaired) electrons. The standard InChI is InChI=1S/C27H32N4O3/c1-17(2)21-15-22(25(33)16-24(21)32)26-28-29-27(34)31(26)20-8-9-23-19(14-20)11-13-30(23)12-10-18-6-4-3-5-7-18/h8-9,11,13-18,32-33H,3-7,10,12H2,1-2H3,(H,29,34). The zero-order valence-electron chi connectivity index (χ0n) is 19.8. The molecule has 7 heteroatoms. The summed E-state index contributed by atoms with van der Waals surface area (Å²) in [5.41, 5.74) is 2.51. The van der Waals surface area contributed by atoms with Gasteiger partial charge >= 0.3 is 5.69 Å². The molecule has 1 fully saturated rings. The summed E-state index contributed by atoms with van der Waals surface area (Å²) in [5.74, 6) is 1.07. The quantitative estimate of drug-likeness (QED) is 0.344. The van der Waals surface area contributed by atoms with Crippen molar-refractivity contribution in [2.24, 2.45) is 5.92 Å². The predicted octanol–water partition coefficient (Wildman–Crippen LogP) is 5.69. The highest BCUT2D eigenvalue weighted by molar-refractivity contribution is 5.83. The van der Waals surface area contributed by atoms with Crippen LogP contribution in [0.15, 0.2) is 47.4 Å². The monoisotopic (exact) mass is 460 g/mol. The van der Waals surface area contributed by atoms with Crippen LogP contribution < -0.4 is 5.69 Å². The lowest BCUT2D eigenvalue weighted by Crippen LogP contribution is -2.15. The Kier molecular flexibility index (Phi) is 5.94. The summed E-state index contributed by atoms with van der Waals surface area (Å²) >= 11 is 0. The first kappa shape index (κ1) is 22.3. The van der Waals surface area contributed by atoms with Crippen LogP contribution in [-0.4, -0.2) is 29.5 Å². The fourth-order valence-corrected chi connectivity index (χ4v) is 5.27. The molecule has 4 aromatic rings. The van der Waals surface area contributed by atoms with Crippen molar-refractivity contribution in [3.63, 3.8) is 0 Å². The molecule has 0 amide bonds. The second-order valence-electron chi connectivity index (χ2n) is 9.82. The highest BCUT2D eigenvalue weighted by Gasteiger charge is 2.20. The average Bonchev–Trinajstić information content (AvgIpc) is 3.41. The summed E-state index contributed by atoms with van der Waals surface area (Å²) in [5, 5.41) is 28.5. The van der Waals surface area contributed by atoms with E-state index >= 15 is 0 Å². The summed E-state index contributed by atoms with van der Waals surface area (Å²) in [6.45, 7) is 4.92. The first-order valence-corrected chi connectivity index (χ1v) is 12.3. The van der Waals surface area contributed by atoms with Gasteiger partial charge in [-0.25, -0.2) is 14.5 Å². The molecule has 1 aliphatic carbocycles. The van der Waals surface area contributed by atoms with Gasteiger partial charge in [-0.05, 0) is 54.2 Å². The Morgan fingerprint density at radius 1 is 1.06 bits per heavy atom. The molecule has 3 N–H and O–H groups in total. The van der Waals surface area contributed by atoms with Crippen molar-refractivity contribution in [3.05, 3.63) is 58.6 Å². The predicted molar refractivity (Wildman–Crippen MR) is 134 cm³/mol. The van der Waals surface area contributed by atoms with Gasteiger partial charge in [0.1, 0.15) is 11.5 Å². The molecule has 0 aliphatic heterocycles. The maximum atomic E-state index is 12.7. The third-order valence-corrected chi connectivity index (χ3v) is 7.20. The Morgan fingerprint density at radius 2 is 1.85 bits per heavy atom. The number of hydrogen-bond acceptors (Lipinski definition) is 4. The lowest BCUT2D eigenvalue weighted by atomic mass is 9.87. The van der Waals surface area contributed by atoms with Crippen molar-refractivity contribution in [2.45, 2.75) is 64.8 Å². The Labute approximate surface area is 198 Å². The first-order chi connectivity index (χ1) is 16.4. The maximum Gasteiger partial charge on any atom is 0.348 e. The van der Waals surface area contributed by atoms with Crippen LogP contribution >= 0.6 is 0 Å². The van der Waals surface area contributed by atoms with Crippen molar-refractivity contribution in [3.8, 4) is 28.6 Å². The second kappa shape index (κ2) is 9.05. The van der Waals surface area contributed by atoms with E-state index in [1.54, 1.807) is 6.07 Å². The number of phenolic OH excluding ortho intramolecular Hbond substituents is 2. The minimum Gasteiger partial charge on any atom is -0.508 e. The molecule has 1 aliphatic rings. The van der Waals surface area contributed by atoms with Gasteiger partial charge < -0.3 is 14.8 Å². The van der Waals surface area contributed by atoms with Crippen molar-refractivity contribution in [1.29, 1.82) is 0 Å². The number of aryl methyl sites for hydroxylation is 1. The Balaban J connectivity index is 1.49. The Bertz CT molecular complexity index is 1370. The molecular formula is C27H32N4O3. The number of H-pyrrole nitrogens is 1. The molecule has 0 unspecified atom stereocenters. The average molecular weight is 461 g/mol. The molecule has 0 saturated heterocycles. The molecule has 34 heavy (non-hydrogen) atoms. The van der Waals surface area contributed by atoms with Crippen LogP contribution in [0.2, 0.25) is 0 Å². The third-order valence-electron chi connectivity index (χ3n) is 7.20. The molecule has 0 atom stereocenters. The van der Waals surface area contributed by atoms with E-state index in [-0.39, 0.29) is 23.1 Å². The van der Waals surface area contributed by atoms with Crippen LogP contribution in [-0.2, 0) is 6.54 Å². The third kappa shape index (κ3) is 4.11. The van der Waals surface area contributed by atoms with E-state index in [0.717, 1.165) is 23.4 Å². The van der Waals surface area contributed by atoms with Crippen molar-refractivity contribution in [2.75, 3.05) is 0 Å². The van der Waals surface area contributed by atoms with Gasteiger partial charge in [0, 0.05) is 29.7 Å². The molecular weight excluding hydrogens is 428 g/mol. The van der Waals surface area contributed by atoms with Crippen molar-refractivity contribution >= 4 is 10.9 Å². The van der Waals surface area contributed by atoms with Gasteiger partial charge in [0.05, 0.1) is 11.3 Å². The normalized spacial score (nSPS) is 14.9. The Morgan fingerprint density at radius 3 is 2.62 bits per heavy atom. The molecule has 178 valence electrons. The molecule has 1 saturated carbocycles. The number of benzene rings is 2. The van der Waals surface area contributed by atoms with E-state index in [1.165, 1.54) is 49.2 Å². The fraction of sp³-hybridized carbons (Fsp3) is 0.407. The number of phenols is 2. The van der Waals surface area contributed by atoms with Gasteiger partial charge in [0.25, 0.3) is 0 Å². The van der Waals surface area contributed by atoms with Gasteiger partial charge in [-0.15, -0.1) is 0 Å². The van der Waals surface area contributed by atoms with Crippen molar-refractivity contribution < 1.29 is 10.2 Å². The molecule has 5 rings (SSSR count). The number of aromatic hydroxyl groups is 2. The highest BCUT2D eigenvalue weighted by atomic mass is 16.3. The minimum absolute atomic E-state index is 0.0247. The summed E-state index contributed by atoms with van der Waals surface area (Å²) < 4.78 is 3.77. The van der Waals surface area contributed by atoms with Crippen molar-refractivity contribution in [1.82, 2.24) is 19.3 Å². The first-order valence-electron chi connectivity index (χ1n) is 12.3. The number of aromatic nitrogens is 4. The van der Waals surface area contributed by atoms with Crippen LogP contribution in [0.4, 0.5) is 0 Å². The summed E-state index contributed by atoms with van der Waals surface area (Å²) in [7, 11) is 0. The lowest BCUT2D eigenvalue weighted by Gasteiger charge is -2.21. The van der Waals surface area contributed by atoms with E-state index < -0.39 is 0 Å². The van der Waals surface area contributed by atoms with Crippen LogP contribution in [0.3, 0.4) is 0 Å². The van der Waals surface area contributed by atoms with Crippen LogP contribution in [0.1, 0.15) is 63.9 Å². The van der Waals surface area contributed by atoms with Gasteiger partial charge in [-0.2, -0.15) is 5.10 Å². The van der Waals surface area contributed by atoms with Crippen LogP contribution in [0.25, 0.3) is 28.0 Å². The van der Waals surface area contributed by atoms with Gasteiger partial charge in [-0.1, -0.05) is 46.0 Å². The van der Waals surface area contributed by atoms with Gasteiger partial charge in [0.15, 0.2) is 5.82 Å². The van der Waals surface area contributed by atoms with Crippen LogP contribution in [0.5, 0.6) is 11.5 Å². The molecule has 2 aromatic heterocycles.